The SMILES string of the molecule is NNc1nc2sccn2c1S(=O)(=O)NCc1ccon1. The fourth-order valence-corrected chi connectivity index (χ4v) is 3.69. The molecule has 0 radical (unpaired) electrons. The minimum absolute atomic E-state index is 0.0141. The van der Waals surface area contributed by atoms with E-state index < -0.39 is 10.0 Å². The summed E-state index contributed by atoms with van der Waals surface area (Å²) in [4.78, 5) is 4.62. The summed E-state index contributed by atoms with van der Waals surface area (Å²) in [6, 6.07) is 1.57. The number of hydrogen-bond acceptors (Lipinski definition) is 8. The molecule has 3 rings (SSSR count). The zero-order chi connectivity index (χ0) is 14.2. The molecule has 0 aliphatic heterocycles. The molecule has 0 aromatic carbocycles. The first-order valence-corrected chi connectivity index (χ1v) is 7.79. The van der Waals surface area contributed by atoms with Crippen LogP contribution in [-0.4, -0.2) is 23.0 Å². The van der Waals surface area contributed by atoms with Crippen molar-refractivity contribution in [2.45, 2.75) is 11.6 Å². The largest absolute Gasteiger partial charge is 0.364 e. The Kier molecular flexibility index (Phi) is 3.17. The molecule has 0 amide bonds. The molecule has 9 nitrogen and oxygen atoms in total. The molecule has 11 heteroatoms. The van der Waals surface area contributed by atoms with Gasteiger partial charge in [-0.3, -0.25) is 4.40 Å². The minimum atomic E-state index is -3.80. The van der Waals surface area contributed by atoms with Gasteiger partial charge in [0.05, 0.1) is 12.2 Å². The number of nitrogens with two attached hydrogens (primary N) is 1. The van der Waals surface area contributed by atoms with Gasteiger partial charge in [-0.1, -0.05) is 5.16 Å². The molecule has 0 aliphatic rings. The molecule has 0 fully saturated rings. The van der Waals surface area contributed by atoms with Crippen LogP contribution in [0.15, 0.2) is 33.5 Å². The average molecular weight is 314 g/mol. The Morgan fingerprint density at radius 2 is 2.35 bits per heavy atom. The molecule has 0 aliphatic carbocycles. The number of nitrogen functional groups attached to an aromatic ring is 1. The van der Waals surface area contributed by atoms with Crippen LogP contribution < -0.4 is 16.0 Å². The van der Waals surface area contributed by atoms with Crippen molar-refractivity contribution in [3.63, 3.8) is 0 Å². The summed E-state index contributed by atoms with van der Waals surface area (Å²) in [6.45, 7) is 0.0141. The Hall–Kier alpha value is -1.95. The van der Waals surface area contributed by atoms with Gasteiger partial charge in [0.25, 0.3) is 10.0 Å². The van der Waals surface area contributed by atoms with Crippen molar-refractivity contribution in [1.29, 1.82) is 0 Å². The number of imidazole rings is 1. The van der Waals surface area contributed by atoms with Crippen LogP contribution in [0.3, 0.4) is 0 Å². The number of nitrogens with one attached hydrogen (secondary N) is 2. The Morgan fingerprint density at radius 3 is 3.05 bits per heavy atom. The maximum Gasteiger partial charge on any atom is 0.260 e. The van der Waals surface area contributed by atoms with Crippen molar-refractivity contribution in [2.24, 2.45) is 5.84 Å². The van der Waals surface area contributed by atoms with E-state index in [9.17, 15) is 8.42 Å². The van der Waals surface area contributed by atoms with E-state index in [-0.39, 0.29) is 17.4 Å². The maximum atomic E-state index is 12.4. The van der Waals surface area contributed by atoms with Gasteiger partial charge < -0.3 is 9.95 Å². The quantitative estimate of drug-likeness (QED) is 0.451. The van der Waals surface area contributed by atoms with Crippen LogP contribution in [-0.2, 0) is 16.6 Å². The molecule has 0 bridgehead atoms. The highest BCUT2D eigenvalue weighted by molar-refractivity contribution is 7.89. The standard InChI is InChI=1S/C9H10N6O3S2/c10-13-7-8(15-2-4-19-9(15)12-7)20(16,17)11-5-6-1-3-18-14-6/h1-4,11,13H,5,10H2. The van der Waals surface area contributed by atoms with Gasteiger partial charge in [-0.25, -0.2) is 19.0 Å². The first-order chi connectivity index (χ1) is 9.62. The molecule has 4 N–H and O–H groups in total. The van der Waals surface area contributed by atoms with E-state index in [4.69, 9.17) is 5.84 Å². The highest BCUT2D eigenvalue weighted by Crippen LogP contribution is 2.24. The fourth-order valence-electron chi connectivity index (χ4n) is 1.68. The summed E-state index contributed by atoms with van der Waals surface area (Å²) in [7, 11) is -3.80. The Morgan fingerprint density at radius 1 is 1.50 bits per heavy atom. The first-order valence-electron chi connectivity index (χ1n) is 5.43. The number of nitrogens with zero attached hydrogens (tertiary/aromatic N) is 3. The van der Waals surface area contributed by atoms with Crippen molar-refractivity contribution in [3.05, 3.63) is 29.6 Å². The number of thiazole rings is 1. The van der Waals surface area contributed by atoms with E-state index in [1.54, 1.807) is 17.6 Å². The van der Waals surface area contributed by atoms with Crippen molar-refractivity contribution in [1.82, 2.24) is 19.3 Å². The van der Waals surface area contributed by atoms with Crippen LogP contribution in [0.4, 0.5) is 5.82 Å². The summed E-state index contributed by atoms with van der Waals surface area (Å²) < 4.78 is 33.2. The molecule has 0 saturated heterocycles. The highest BCUT2D eigenvalue weighted by Gasteiger charge is 2.25. The summed E-state index contributed by atoms with van der Waals surface area (Å²) in [5, 5.41) is 5.33. The zero-order valence-electron chi connectivity index (χ0n) is 9.98. The monoisotopic (exact) mass is 314 g/mol. The molecule has 106 valence electrons. The van der Waals surface area contributed by atoms with Crippen molar-refractivity contribution in [2.75, 3.05) is 5.43 Å². The lowest BCUT2D eigenvalue weighted by Crippen LogP contribution is -2.26. The number of aromatic nitrogens is 3. The number of sulfonamides is 1. The lowest BCUT2D eigenvalue weighted by molar-refractivity contribution is 0.411. The molecular weight excluding hydrogens is 304 g/mol. The van der Waals surface area contributed by atoms with Crippen molar-refractivity contribution >= 4 is 32.1 Å². The van der Waals surface area contributed by atoms with Crippen LogP contribution in [0.5, 0.6) is 0 Å². The molecule has 3 aromatic heterocycles. The Labute approximate surface area is 117 Å². The van der Waals surface area contributed by atoms with Gasteiger partial charge in [0.2, 0.25) is 5.03 Å². The predicted molar refractivity (Wildman–Crippen MR) is 71.4 cm³/mol. The molecule has 0 spiro atoms. The third-order valence-electron chi connectivity index (χ3n) is 2.54. The van der Waals surface area contributed by atoms with Crippen molar-refractivity contribution < 1.29 is 12.9 Å². The Balaban J connectivity index is 1.97. The fraction of sp³-hybridized carbons (Fsp3) is 0.111. The van der Waals surface area contributed by atoms with Crippen LogP contribution in [0.1, 0.15) is 5.69 Å². The van der Waals surface area contributed by atoms with Gasteiger partial charge in [-0.2, -0.15) is 4.98 Å². The lowest BCUT2D eigenvalue weighted by atomic mass is 10.5. The zero-order valence-corrected chi connectivity index (χ0v) is 11.6. The topological polar surface area (TPSA) is 128 Å². The Bertz CT molecular complexity index is 819. The molecule has 0 saturated carbocycles. The van der Waals surface area contributed by atoms with Gasteiger partial charge in [-0.15, -0.1) is 11.3 Å². The second-order valence-electron chi connectivity index (χ2n) is 3.78. The van der Waals surface area contributed by atoms with Gasteiger partial charge in [0.15, 0.2) is 10.8 Å². The second-order valence-corrected chi connectivity index (χ2v) is 6.34. The summed E-state index contributed by atoms with van der Waals surface area (Å²) in [6.07, 6.45) is 2.98. The summed E-state index contributed by atoms with van der Waals surface area (Å²) in [5.41, 5.74) is 2.77. The van der Waals surface area contributed by atoms with E-state index in [2.05, 4.69) is 24.8 Å². The molecule has 20 heavy (non-hydrogen) atoms. The number of hydrazine groups is 1. The van der Waals surface area contributed by atoms with Crippen LogP contribution in [0.25, 0.3) is 4.96 Å². The summed E-state index contributed by atoms with van der Waals surface area (Å²) >= 11 is 1.31. The molecule has 3 heterocycles. The predicted octanol–water partition coefficient (Wildman–Crippen LogP) is 0.148. The van der Waals surface area contributed by atoms with E-state index >= 15 is 0 Å². The molecule has 3 aromatic rings. The molecule has 0 unspecified atom stereocenters. The number of fused-ring (bicyclic) bond motifs is 1. The van der Waals surface area contributed by atoms with Gasteiger partial charge in [-0.05, 0) is 0 Å². The minimum Gasteiger partial charge on any atom is -0.364 e. The third kappa shape index (κ3) is 2.16. The second kappa shape index (κ2) is 4.86. The maximum absolute atomic E-state index is 12.4. The summed E-state index contributed by atoms with van der Waals surface area (Å²) in [5.74, 6) is 5.41. The van der Waals surface area contributed by atoms with Crippen molar-refractivity contribution in [3.8, 4) is 0 Å². The molecular formula is C9H10N6O3S2. The van der Waals surface area contributed by atoms with Gasteiger partial charge in [0, 0.05) is 17.6 Å². The van der Waals surface area contributed by atoms with E-state index in [1.165, 1.54) is 22.0 Å². The van der Waals surface area contributed by atoms with E-state index in [1.807, 2.05) is 0 Å². The highest BCUT2D eigenvalue weighted by atomic mass is 32.2. The van der Waals surface area contributed by atoms with Crippen LogP contribution >= 0.6 is 11.3 Å². The van der Waals surface area contributed by atoms with Crippen LogP contribution in [0.2, 0.25) is 0 Å². The average Bonchev–Trinajstić information content (AvgIpc) is 3.11. The smallest absolute Gasteiger partial charge is 0.260 e. The third-order valence-corrected chi connectivity index (χ3v) is 4.72. The van der Waals surface area contributed by atoms with Crippen LogP contribution in [0, 0.1) is 0 Å². The first kappa shape index (κ1) is 13.1. The van der Waals surface area contributed by atoms with E-state index in [0.717, 1.165) is 0 Å². The lowest BCUT2D eigenvalue weighted by Gasteiger charge is -2.06. The number of anilines is 1. The molecule has 0 atom stereocenters. The van der Waals surface area contributed by atoms with Gasteiger partial charge in [0.1, 0.15) is 6.26 Å². The van der Waals surface area contributed by atoms with E-state index in [0.29, 0.717) is 10.7 Å². The number of hydrogen-bond donors (Lipinski definition) is 3. The number of rotatable bonds is 5. The van der Waals surface area contributed by atoms with Gasteiger partial charge >= 0.3 is 0 Å². The normalized spacial score (nSPS) is 12.1.